The van der Waals surface area contributed by atoms with Crippen LogP contribution in [-0.2, 0) is 0 Å². The lowest BCUT2D eigenvalue weighted by atomic mass is 10.2. The van der Waals surface area contributed by atoms with Gasteiger partial charge in [0.2, 0.25) is 0 Å². The Balaban J connectivity index is 3.17. The van der Waals surface area contributed by atoms with Gasteiger partial charge >= 0.3 is 0 Å². The second-order valence-corrected chi connectivity index (χ2v) is 2.66. The predicted octanol–water partition coefficient (Wildman–Crippen LogP) is -0.306. The highest BCUT2D eigenvalue weighted by Crippen LogP contribution is 1.86. The molecule has 0 aromatic heterocycles. The van der Waals surface area contributed by atoms with E-state index in [4.69, 9.17) is 10.8 Å². The van der Waals surface area contributed by atoms with Crippen LogP contribution in [0.2, 0.25) is 0 Å². The van der Waals surface area contributed by atoms with Crippen LogP contribution in [0.4, 0.5) is 0 Å². The van der Waals surface area contributed by atoms with Crippen molar-refractivity contribution >= 4 is 0 Å². The predicted molar refractivity (Wildman–Crippen MR) is 42.8 cm³/mol. The first-order chi connectivity index (χ1) is 4.70. The first-order valence-electron chi connectivity index (χ1n) is 3.80. The van der Waals surface area contributed by atoms with Crippen molar-refractivity contribution in [1.82, 2.24) is 5.32 Å². The third-order valence-corrected chi connectivity index (χ3v) is 1.58. The Hall–Kier alpha value is -0.120. The maximum Gasteiger partial charge on any atom is 0.0594 e. The summed E-state index contributed by atoms with van der Waals surface area (Å²) < 4.78 is 0. The molecule has 62 valence electrons. The van der Waals surface area contributed by atoms with E-state index in [2.05, 4.69) is 19.2 Å². The lowest BCUT2D eigenvalue weighted by molar-refractivity contribution is 0.259. The Morgan fingerprint density at radius 2 is 2.20 bits per heavy atom. The molecule has 0 saturated heterocycles. The molecule has 0 saturated carbocycles. The Bertz CT molecular complexity index is 68.0. The molecule has 3 heteroatoms. The van der Waals surface area contributed by atoms with Crippen LogP contribution in [0.1, 0.15) is 20.3 Å². The van der Waals surface area contributed by atoms with Gasteiger partial charge in [0.25, 0.3) is 0 Å². The fourth-order valence-corrected chi connectivity index (χ4v) is 0.561. The van der Waals surface area contributed by atoms with Gasteiger partial charge in [-0.1, -0.05) is 6.92 Å². The number of hydrogen-bond donors (Lipinski definition) is 3. The SMILES string of the molecule is CCC(C)NCC(N)CO. The highest BCUT2D eigenvalue weighted by atomic mass is 16.3. The number of aliphatic hydroxyl groups excluding tert-OH is 1. The molecule has 4 N–H and O–H groups in total. The molecule has 10 heavy (non-hydrogen) atoms. The van der Waals surface area contributed by atoms with E-state index in [0.717, 1.165) is 6.42 Å². The van der Waals surface area contributed by atoms with Crippen molar-refractivity contribution in [2.75, 3.05) is 13.2 Å². The molecule has 0 bridgehead atoms. The molecule has 0 aliphatic rings. The molecule has 0 heterocycles. The maximum atomic E-state index is 8.56. The van der Waals surface area contributed by atoms with E-state index in [1.54, 1.807) is 0 Å². The zero-order chi connectivity index (χ0) is 7.98. The number of nitrogens with one attached hydrogen (secondary N) is 1. The molecule has 0 amide bonds. The third kappa shape index (κ3) is 4.73. The average molecular weight is 146 g/mol. The molecule has 0 fully saturated rings. The van der Waals surface area contributed by atoms with E-state index in [1.807, 2.05) is 0 Å². The van der Waals surface area contributed by atoms with Crippen molar-refractivity contribution < 1.29 is 5.11 Å². The number of hydrogen-bond acceptors (Lipinski definition) is 3. The lowest BCUT2D eigenvalue weighted by Crippen LogP contribution is -2.40. The number of rotatable bonds is 5. The van der Waals surface area contributed by atoms with E-state index in [1.165, 1.54) is 0 Å². The minimum Gasteiger partial charge on any atom is -0.395 e. The molecule has 0 spiro atoms. The molecule has 0 aliphatic heterocycles. The van der Waals surface area contributed by atoms with Crippen LogP contribution in [0.15, 0.2) is 0 Å². The summed E-state index contributed by atoms with van der Waals surface area (Å²) in [5.41, 5.74) is 5.46. The van der Waals surface area contributed by atoms with Gasteiger partial charge in [-0.05, 0) is 13.3 Å². The van der Waals surface area contributed by atoms with Crippen LogP contribution in [0.25, 0.3) is 0 Å². The van der Waals surface area contributed by atoms with Gasteiger partial charge in [0, 0.05) is 18.6 Å². The van der Waals surface area contributed by atoms with E-state index < -0.39 is 0 Å². The van der Waals surface area contributed by atoms with Crippen LogP contribution in [-0.4, -0.2) is 30.3 Å². The third-order valence-electron chi connectivity index (χ3n) is 1.58. The van der Waals surface area contributed by atoms with Crippen LogP contribution in [0.5, 0.6) is 0 Å². The summed E-state index contributed by atoms with van der Waals surface area (Å²) >= 11 is 0. The maximum absolute atomic E-state index is 8.56. The normalized spacial score (nSPS) is 16.8. The number of nitrogens with two attached hydrogens (primary N) is 1. The Labute approximate surface area is 62.6 Å². The van der Waals surface area contributed by atoms with Crippen LogP contribution in [0.3, 0.4) is 0 Å². The second kappa shape index (κ2) is 5.65. The first-order valence-corrected chi connectivity index (χ1v) is 3.80. The summed E-state index contributed by atoms with van der Waals surface area (Å²) in [7, 11) is 0. The van der Waals surface area contributed by atoms with Gasteiger partial charge in [-0.2, -0.15) is 0 Å². The van der Waals surface area contributed by atoms with E-state index >= 15 is 0 Å². The smallest absolute Gasteiger partial charge is 0.0594 e. The summed E-state index contributed by atoms with van der Waals surface area (Å²) in [5, 5.41) is 11.8. The van der Waals surface area contributed by atoms with Crippen LogP contribution in [0, 0.1) is 0 Å². The minimum absolute atomic E-state index is 0.0590. The Morgan fingerprint density at radius 1 is 1.60 bits per heavy atom. The highest BCUT2D eigenvalue weighted by molar-refractivity contribution is 4.65. The van der Waals surface area contributed by atoms with Gasteiger partial charge in [0.1, 0.15) is 0 Å². The molecule has 0 aromatic rings. The van der Waals surface area contributed by atoms with Gasteiger partial charge in [0.05, 0.1) is 6.61 Å². The fraction of sp³-hybridized carbons (Fsp3) is 1.00. The van der Waals surface area contributed by atoms with E-state index in [-0.39, 0.29) is 12.6 Å². The Morgan fingerprint density at radius 3 is 2.60 bits per heavy atom. The number of aliphatic hydroxyl groups is 1. The lowest BCUT2D eigenvalue weighted by Gasteiger charge is -2.14. The summed E-state index contributed by atoms with van der Waals surface area (Å²) in [6.45, 7) is 4.97. The standard InChI is InChI=1S/C7H18N2O/c1-3-6(2)9-4-7(8)5-10/h6-7,9-10H,3-5,8H2,1-2H3. The van der Waals surface area contributed by atoms with Gasteiger partial charge in [-0.15, -0.1) is 0 Å². The molecular weight excluding hydrogens is 128 g/mol. The summed E-state index contributed by atoms with van der Waals surface area (Å²) in [6, 6.07) is 0.381. The largest absolute Gasteiger partial charge is 0.395 e. The molecule has 3 nitrogen and oxygen atoms in total. The van der Waals surface area contributed by atoms with Crippen molar-refractivity contribution in [3.05, 3.63) is 0 Å². The summed E-state index contributed by atoms with van der Waals surface area (Å²) in [5.74, 6) is 0. The van der Waals surface area contributed by atoms with Crippen molar-refractivity contribution in [3.63, 3.8) is 0 Å². The zero-order valence-electron chi connectivity index (χ0n) is 6.80. The summed E-state index contributed by atoms with van der Waals surface area (Å²) in [6.07, 6.45) is 1.10. The molecule has 2 atom stereocenters. The van der Waals surface area contributed by atoms with Crippen molar-refractivity contribution in [3.8, 4) is 0 Å². The fourth-order valence-electron chi connectivity index (χ4n) is 0.561. The van der Waals surface area contributed by atoms with E-state index in [0.29, 0.717) is 12.6 Å². The molecule has 2 unspecified atom stereocenters. The van der Waals surface area contributed by atoms with E-state index in [9.17, 15) is 0 Å². The second-order valence-electron chi connectivity index (χ2n) is 2.66. The molecule has 0 aliphatic carbocycles. The topological polar surface area (TPSA) is 58.3 Å². The first kappa shape index (κ1) is 9.88. The zero-order valence-corrected chi connectivity index (χ0v) is 6.80. The van der Waals surface area contributed by atoms with Gasteiger partial charge in [-0.3, -0.25) is 0 Å². The molecule has 0 rings (SSSR count). The Kier molecular flexibility index (Phi) is 5.58. The molecule has 0 aromatic carbocycles. The van der Waals surface area contributed by atoms with Crippen LogP contribution >= 0.6 is 0 Å². The van der Waals surface area contributed by atoms with Gasteiger partial charge < -0.3 is 16.2 Å². The van der Waals surface area contributed by atoms with Gasteiger partial charge in [-0.25, -0.2) is 0 Å². The highest BCUT2D eigenvalue weighted by Gasteiger charge is 2.01. The van der Waals surface area contributed by atoms with Crippen molar-refractivity contribution in [1.29, 1.82) is 0 Å². The quantitative estimate of drug-likeness (QED) is 0.499. The average Bonchev–Trinajstić information content (AvgIpc) is 1.99. The van der Waals surface area contributed by atoms with Crippen LogP contribution < -0.4 is 11.1 Å². The van der Waals surface area contributed by atoms with Crippen molar-refractivity contribution in [2.24, 2.45) is 5.73 Å². The van der Waals surface area contributed by atoms with Gasteiger partial charge in [0.15, 0.2) is 0 Å². The minimum atomic E-state index is -0.117. The monoisotopic (exact) mass is 146 g/mol. The van der Waals surface area contributed by atoms with Crippen molar-refractivity contribution in [2.45, 2.75) is 32.4 Å². The molecule has 0 radical (unpaired) electrons. The summed E-state index contributed by atoms with van der Waals surface area (Å²) in [4.78, 5) is 0. The molecular formula is C7H18N2O.